The third kappa shape index (κ3) is 3.68. The normalized spacial score (nSPS) is 15.7. The van der Waals surface area contributed by atoms with Crippen LogP contribution in [0, 0.1) is 5.82 Å². The molecule has 0 saturated carbocycles. The third-order valence-corrected chi connectivity index (χ3v) is 5.06. The van der Waals surface area contributed by atoms with E-state index in [1.807, 2.05) is 6.07 Å². The molecule has 0 unspecified atom stereocenters. The van der Waals surface area contributed by atoms with Gasteiger partial charge in [-0.3, -0.25) is 4.72 Å². The fourth-order valence-corrected chi connectivity index (χ4v) is 3.55. The Kier molecular flexibility index (Phi) is 4.62. The highest BCUT2D eigenvalue weighted by Crippen LogP contribution is 2.23. The SMILES string of the molecule is O=S(=O)(Nc1cccc(C2NNNN2)c1)c1ccc(Br)cc1F. The Morgan fingerprint density at radius 2 is 1.83 bits per heavy atom. The topological polar surface area (TPSA) is 94.3 Å². The van der Waals surface area contributed by atoms with Gasteiger partial charge in [-0.25, -0.2) is 23.7 Å². The summed E-state index contributed by atoms with van der Waals surface area (Å²) >= 11 is 3.10. The van der Waals surface area contributed by atoms with Crippen LogP contribution in [-0.2, 0) is 10.0 Å². The maximum absolute atomic E-state index is 13.9. The quantitative estimate of drug-likeness (QED) is 0.533. The number of nitrogens with one attached hydrogen (secondary N) is 5. The molecule has 1 heterocycles. The maximum Gasteiger partial charge on any atom is 0.264 e. The molecule has 0 aliphatic carbocycles. The van der Waals surface area contributed by atoms with Crippen molar-refractivity contribution >= 4 is 31.6 Å². The van der Waals surface area contributed by atoms with Gasteiger partial charge in [0.15, 0.2) is 0 Å². The molecule has 7 nitrogen and oxygen atoms in total. The summed E-state index contributed by atoms with van der Waals surface area (Å²) in [6.45, 7) is 0. The molecule has 0 atom stereocenters. The molecular formula is C13H13BrFN5O2S. The van der Waals surface area contributed by atoms with Gasteiger partial charge in [0.1, 0.15) is 16.9 Å². The van der Waals surface area contributed by atoms with Crippen molar-refractivity contribution in [3.05, 3.63) is 58.3 Å². The van der Waals surface area contributed by atoms with Crippen LogP contribution < -0.4 is 26.6 Å². The highest BCUT2D eigenvalue weighted by Gasteiger charge is 2.20. The number of sulfonamides is 1. The Morgan fingerprint density at radius 3 is 2.52 bits per heavy atom. The van der Waals surface area contributed by atoms with Crippen LogP contribution in [0.25, 0.3) is 0 Å². The first-order valence-electron chi connectivity index (χ1n) is 6.54. The number of hydrogen-bond acceptors (Lipinski definition) is 6. The van der Waals surface area contributed by atoms with Gasteiger partial charge in [0.05, 0.1) is 0 Å². The van der Waals surface area contributed by atoms with Crippen molar-refractivity contribution in [2.75, 3.05) is 4.72 Å². The second-order valence-corrected chi connectivity index (χ2v) is 7.34. The first-order chi connectivity index (χ1) is 11.0. The molecule has 3 rings (SSSR count). The minimum Gasteiger partial charge on any atom is -0.280 e. The van der Waals surface area contributed by atoms with E-state index in [2.05, 4.69) is 42.6 Å². The standard InChI is InChI=1S/C13H13BrFN5O2S/c14-9-4-5-12(11(15)7-9)23(21,22)18-10-3-1-2-8(6-10)13-16-19-20-17-13/h1-7,13,16-20H. The first-order valence-corrected chi connectivity index (χ1v) is 8.82. The summed E-state index contributed by atoms with van der Waals surface area (Å²) in [4.78, 5) is -0.411. The fourth-order valence-electron chi connectivity index (χ4n) is 2.10. The smallest absolute Gasteiger partial charge is 0.264 e. The summed E-state index contributed by atoms with van der Waals surface area (Å²) in [7, 11) is -4.02. The molecule has 0 amide bonds. The lowest BCUT2D eigenvalue weighted by Gasteiger charge is -2.13. The predicted octanol–water partition coefficient (Wildman–Crippen LogP) is 1.50. The van der Waals surface area contributed by atoms with Gasteiger partial charge in [0, 0.05) is 10.2 Å². The predicted molar refractivity (Wildman–Crippen MR) is 86.6 cm³/mol. The summed E-state index contributed by atoms with van der Waals surface area (Å²) in [5, 5.41) is 0. The van der Waals surface area contributed by atoms with Crippen molar-refractivity contribution < 1.29 is 12.8 Å². The van der Waals surface area contributed by atoms with Gasteiger partial charge in [0.25, 0.3) is 10.0 Å². The van der Waals surface area contributed by atoms with E-state index in [1.165, 1.54) is 12.1 Å². The van der Waals surface area contributed by atoms with Crippen LogP contribution >= 0.6 is 15.9 Å². The summed E-state index contributed by atoms with van der Waals surface area (Å²) in [6, 6.07) is 10.5. The summed E-state index contributed by atoms with van der Waals surface area (Å²) in [6.07, 6.45) is -0.233. The van der Waals surface area contributed by atoms with Crippen molar-refractivity contribution in [2.24, 2.45) is 0 Å². The van der Waals surface area contributed by atoms with Crippen LogP contribution in [0.3, 0.4) is 0 Å². The van der Waals surface area contributed by atoms with Crippen LogP contribution in [0.1, 0.15) is 11.7 Å². The number of benzene rings is 2. The Balaban J connectivity index is 1.87. The second kappa shape index (κ2) is 6.51. The van der Waals surface area contributed by atoms with E-state index >= 15 is 0 Å². The molecule has 1 aliphatic heterocycles. The van der Waals surface area contributed by atoms with Gasteiger partial charge in [0.2, 0.25) is 0 Å². The number of hydrazine groups is 3. The molecule has 2 aromatic carbocycles. The molecule has 1 fully saturated rings. The summed E-state index contributed by atoms with van der Waals surface area (Å²) in [5.74, 6) is -0.824. The maximum atomic E-state index is 13.9. The second-order valence-electron chi connectivity index (χ2n) is 4.78. The molecule has 2 aromatic rings. The van der Waals surface area contributed by atoms with Crippen LogP contribution in [0.5, 0.6) is 0 Å². The van der Waals surface area contributed by atoms with E-state index in [4.69, 9.17) is 0 Å². The van der Waals surface area contributed by atoms with Crippen LogP contribution in [0.2, 0.25) is 0 Å². The molecule has 23 heavy (non-hydrogen) atoms. The molecule has 1 aliphatic rings. The van der Waals surface area contributed by atoms with Gasteiger partial charge in [-0.05, 0) is 35.9 Å². The molecule has 0 radical (unpaired) electrons. The monoisotopic (exact) mass is 401 g/mol. The zero-order valence-electron chi connectivity index (χ0n) is 11.6. The van der Waals surface area contributed by atoms with Crippen molar-refractivity contribution in [3.63, 3.8) is 0 Å². The first kappa shape index (κ1) is 16.3. The Hall–Kier alpha value is -1.56. The number of rotatable bonds is 4. The Labute approximate surface area is 140 Å². The minimum absolute atomic E-state index is 0.233. The van der Waals surface area contributed by atoms with E-state index in [-0.39, 0.29) is 6.17 Å². The minimum atomic E-state index is -4.02. The lowest BCUT2D eigenvalue weighted by Crippen LogP contribution is -2.33. The van der Waals surface area contributed by atoms with E-state index in [0.29, 0.717) is 10.2 Å². The van der Waals surface area contributed by atoms with E-state index in [0.717, 1.165) is 11.6 Å². The van der Waals surface area contributed by atoms with Crippen molar-refractivity contribution in [1.82, 2.24) is 21.9 Å². The van der Waals surface area contributed by atoms with Crippen LogP contribution in [0.4, 0.5) is 10.1 Å². The molecule has 0 aromatic heterocycles. The average molecular weight is 402 g/mol. The molecule has 0 bridgehead atoms. The zero-order valence-corrected chi connectivity index (χ0v) is 14.0. The Morgan fingerprint density at radius 1 is 1.09 bits per heavy atom. The highest BCUT2D eigenvalue weighted by atomic mass is 79.9. The van der Waals surface area contributed by atoms with E-state index in [9.17, 15) is 12.8 Å². The molecule has 0 spiro atoms. The van der Waals surface area contributed by atoms with Gasteiger partial charge in [-0.2, -0.15) is 11.1 Å². The van der Waals surface area contributed by atoms with Crippen LogP contribution in [0.15, 0.2) is 51.8 Å². The molecule has 122 valence electrons. The van der Waals surface area contributed by atoms with Crippen LogP contribution in [-0.4, -0.2) is 8.42 Å². The number of hydrogen-bond donors (Lipinski definition) is 5. The summed E-state index contributed by atoms with van der Waals surface area (Å²) in [5.41, 5.74) is 12.3. The van der Waals surface area contributed by atoms with Gasteiger partial charge in [-0.15, -0.1) is 0 Å². The van der Waals surface area contributed by atoms with Gasteiger partial charge >= 0.3 is 0 Å². The molecule has 5 N–H and O–H groups in total. The molecule has 1 saturated heterocycles. The van der Waals surface area contributed by atoms with Crippen molar-refractivity contribution in [1.29, 1.82) is 0 Å². The van der Waals surface area contributed by atoms with Gasteiger partial charge in [-0.1, -0.05) is 28.1 Å². The average Bonchev–Trinajstić information content (AvgIpc) is 3.00. The fraction of sp³-hybridized carbons (Fsp3) is 0.0769. The third-order valence-electron chi connectivity index (χ3n) is 3.15. The van der Waals surface area contributed by atoms with Crippen molar-refractivity contribution in [3.8, 4) is 0 Å². The van der Waals surface area contributed by atoms with Crippen molar-refractivity contribution in [2.45, 2.75) is 11.1 Å². The number of halogens is 2. The Bertz CT molecular complexity index is 827. The molecule has 10 heteroatoms. The highest BCUT2D eigenvalue weighted by molar-refractivity contribution is 9.10. The van der Waals surface area contributed by atoms with Gasteiger partial charge < -0.3 is 0 Å². The zero-order chi connectivity index (χ0) is 16.4. The molecular weight excluding hydrogens is 389 g/mol. The van der Waals surface area contributed by atoms with E-state index in [1.54, 1.807) is 18.2 Å². The van der Waals surface area contributed by atoms with E-state index < -0.39 is 20.7 Å². The lowest BCUT2D eigenvalue weighted by molar-refractivity contribution is 0.554. The number of anilines is 1. The lowest BCUT2D eigenvalue weighted by atomic mass is 10.1. The largest absolute Gasteiger partial charge is 0.280 e. The summed E-state index contributed by atoms with van der Waals surface area (Å²) < 4.78 is 41.4.